The van der Waals surface area contributed by atoms with Crippen LogP contribution in [0.2, 0.25) is 0 Å². The number of rotatable bonds is 3. The minimum atomic E-state index is -0.222. The Morgan fingerprint density at radius 1 is 1.13 bits per heavy atom. The van der Waals surface area contributed by atoms with Crippen molar-refractivity contribution in [1.29, 1.82) is 0 Å². The molecule has 2 atom stereocenters. The highest BCUT2D eigenvalue weighted by Crippen LogP contribution is 2.32. The van der Waals surface area contributed by atoms with E-state index in [1.165, 1.54) is 0 Å². The van der Waals surface area contributed by atoms with Gasteiger partial charge in [-0.3, -0.25) is 0 Å². The van der Waals surface area contributed by atoms with Gasteiger partial charge in [0.2, 0.25) is 0 Å². The Kier molecular flexibility index (Phi) is 4.48. The van der Waals surface area contributed by atoms with E-state index >= 15 is 0 Å². The SMILES string of the molecule is Cc1cc(C)c(-c2ccc(N[C@@H]3CCC[C@H](O)C3)nn2)c(O)c1. The molecule has 0 aliphatic heterocycles. The van der Waals surface area contributed by atoms with Gasteiger partial charge in [-0.1, -0.05) is 6.07 Å². The summed E-state index contributed by atoms with van der Waals surface area (Å²) >= 11 is 0. The monoisotopic (exact) mass is 313 g/mol. The third-order valence-corrected chi connectivity index (χ3v) is 4.38. The molecule has 1 aliphatic rings. The number of benzene rings is 1. The maximum Gasteiger partial charge on any atom is 0.148 e. The molecule has 0 unspecified atom stereocenters. The van der Waals surface area contributed by atoms with E-state index in [9.17, 15) is 10.2 Å². The van der Waals surface area contributed by atoms with Crippen molar-refractivity contribution in [2.45, 2.75) is 51.7 Å². The fourth-order valence-corrected chi connectivity index (χ4v) is 3.33. The van der Waals surface area contributed by atoms with Gasteiger partial charge in [-0.2, -0.15) is 0 Å². The van der Waals surface area contributed by atoms with Crippen molar-refractivity contribution in [2.75, 3.05) is 5.32 Å². The Morgan fingerprint density at radius 2 is 1.96 bits per heavy atom. The van der Waals surface area contributed by atoms with Crippen molar-refractivity contribution in [3.05, 3.63) is 35.4 Å². The molecule has 5 nitrogen and oxygen atoms in total. The van der Waals surface area contributed by atoms with Gasteiger partial charge in [0.15, 0.2) is 0 Å². The Morgan fingerprint density at radius 3 is 2.61 bits per heavy atom. The number of phenols is 1. The molecule has 122 valence electrons. The molecular weight excluding hydrogens is 290 g/mol. The highest BCUT2D eigenvalue weighted by molar-refractivity contribution is 5.71. The molecule has 0 bridgehead atoms. The van der Waals surface area contributed by atoms with Crippen LogP contribution in [0, 0.1) is 13.8 Å². The summed E-state index contributed by atoms with van der Waals surface area (Å²) in [5.41, 5.74) is 3.38. The quantitative estimate of drug-likeness (QED) is 0.811. The summed E-state index contributed by atoms with van der Waals surface area (Å²) in [5, 5.41) is 31.7. The Bertz CT molecular complexity index is 662. The molecule has 23 heavy (non-hydrogen) atoms. The predicted octanol–water partition coefficient (Wildman–Crippen LogP) is 3.18. The van der Waals surface area contributed by atoms with Gasteiger partial charge in [0, 0.05) is 11.6 Å². The summed E-state index contributed by atoms with van der Waals surface area (Å²) in [4.78, 5) is 0. The molecule has 0 radical (unpaired) electrons. The number of aromatic nitrogens is 2. The van der Waals surface area contributed by atoms with Gasteiger partial charge in [0.1, 0.15) is 11.6 Å². The third kappa shape index (κ3) is 3.62. The Balaban J connectivity index is 1.77. The molecule has 1 fully saturated rings. The normalized spacial score (nSPS) is 21.2. The lowest BCUT2D eigenvalue weighted by Gasteiger charge is -2.26. The van der Waals surface area contributed by atoms with E-state index in [1.807, 2.05) is 32.0 Å². The summed E-state index contributed by atoms with van der Waals surface area (Å²) in [6.07, 6.45) is 3.48. The minimum absolute atomic E-state index is 0.222. The van der Waals surface area contributed by atoms with Crippen LogP contribution in [-0.4, -0.2) is 32.6 Å². The fourth-order valence-electron chi connectivity index (χ4n) is 3.33. The van der Waals surface area contributed by atoms with Gasteiger partial charge in [0.05, 0.1) is 11.8 Å². The number of hydrogen-bond donors (Lipinski definition) is 3. The highest BCUT2D eigenvalue weighted by Gasteiger charge is 2.20. The maximum atomic E-state index is 10.2. The van der Waals surface area contributed by atoms with E-state index in [4.69, 9.17) is 0 Å². The first-order chi connectivity index (χ1) is 11.0. The van der Waals surface area contributed by atoms with Gasteiger partial charge in [-0.05, 0) is 68.9 Å². The number of phenolic OH excluding ortho intramolecular Hbond substituents is 1. The van der Waals surface area contributed by atoms with Crippen LogP contribution in [0.5, 0.6) is 5.75 Å². The van der Waals surface area contributed by atoms with E-state index < -0.39 is 0 Å². The van der Waals surface area contributed by atoms with Gasteiger partial charge in [-0.15, -0.1) is 10.2 Å². The van der Waals surface area contributed by atoms with Crippen molar-refractivity contribution < 1.29 is 10.2 Å². The van der Waals surface area contributed by atoms with Crippen LogP contribution in [0.4, 0.5) is 5.82 Å². The fraction of sp³-hybridized carbons (Fsp3) is 0.444. The van der Waals surface area contributed by atoms with Crippen molar-refractivity contribution >= 4 is 5.82 Å². The van der Waals surface area contributed by atoms with Gasteiger partial charge in [-0.25, -0.2) is 0 Å². The molecule has 3 rings (SSSR count). The average molecular weight is 313 g/mol. The van der Waals surface area contributed by atoms with E-state index in [1.54, 1.807) is 6.07 Å². The smallest absolute Gasteiger partial charge is 0.148 e. The standard InChI is InChI=1S/C18H23N3O2/c1-11-8-12(2)18(16(23)9-11)15-6-7-17(21-20-15)19-13-4-3-5-14(22)10-13/h6-9,13-14,22-23H,3-5,10H2,1-2H3,(H,19,21)/t13-,14+/m1/s1. The molecule has 3 N–H and O–H groups in total. The number of aryl methyl sites for hydroxylation is 2. The molecule has 1 aliphatic carbocycles. The number of aliphatic hydroxyl groups excluding tert-OH is 1. The number of nitrogens with zero attached hydrogens (tertiary/aromatic N) is 2. The second-order valence-electron chi connectivity index (χ2n) is 6.44. The molecule has 2 aromatic rings. The van der Waals surface area contributed by atoms with Gasteiger partial charge in [0.25, 0.3) is 0 Å². The maximum absolute atomic E-state index is 10.2. The topological polar surface area (TPSA) is 78.3 Å². The molecule has 1 aromatic carbocycles. The second-order valence-corrected chi connectivity index (χ2v) is 6.44. The summed E-state index contributed by atoms with van der Waals surface area (Å²) in [6, 6.07) is 7.74. The lowest BCUT2D eigenvalue weighted by atomic mass is 9.93. The molecule has 0 saturated heterocycles. The van der Waals surface area contributed by atoms with E-state index in [0.717, 1.165) is 42.4 Å². The molecule has 5 heteroatoms. The van der Waals surface area contributed by atoms with Crippen molar-refractivity contribution in [2.24, 2.45) is 0 Å². The second kappa shape index (κ2) is 6.54. The lowest BCUT2D eigenvalue weighted by Crippen LogP contribution is -2.30. The van der Waals surface area contributed by atoms with Crippen molar-refractivity contribution in [1.82, 2.24) is 10.2 Å². The molecule has 0 amide bonds. The van der Waals surface area contributed by atoms with Crippen LogP contribution in [0.1, 0.15) is 36.8 Å². The van der Waals surface area contributed by atoms with Crippen LogP contribution in [0.3, 0.4) is 0 Å². The lowest BCUT2D eigenvalue weighted by molar-refractivity contribution is 0.124. The Labute approximate surface area is 136 Å². The largest absolute Gasteiger partial charge is 0.507 e. The molecular formula is C18H23N3O2. The van der Waals surface area contributed by atoms with Crippen LogP contribution < -0.4 is 5.32 Å². The number of aromatic hydroxyl groups is 1. The summed E-state index contributed by atoms with van der Waals surface area (Å²) < 4.78 is 0. The van der Waals surface area contributed by atoms with Crippen LogP contribution >= 0.6 is 0 Å². The van der Waals surface area contributed by atoms with Gasteiger partial charge >= 0.3 is 0 Å². The first-order valence-corrected chi connectivity index (χ1v) is 8.12. The number of hydrogen-bond acceptors (Lipinski definition) is 5. The van der Waals surface area contributed by atoms with E-state index in [0.29, 0.717) is 11.5 Å². The van der Waals surface area contributed by atoms with E-state index in [-0.39, 0.29) is 17.9 Å². The van der Waals surface area contributed by atoms with Crippen molar-refractivity contribution in [3.63, 3.8) is 0 Å². The number of aliphatic hydroxyl groups is 1. The van der Waals surface area contributed by atoms with E-state index in [2.05, 4.69) is 15.5 Å². The summed E-state index contributed by atoms with van der Waals surface area (Å²) in [7, 11) is 0. The predicted molar refractivity (Wildman–Crippen MR) is 90.5 cm³/mol. The Hall–Kier alpha value is -2.14. The van der Waals surface area contributed by atoms with Crippen molar-refractivity contribution in [3.8, 4) is 17.0 Å². The zero-order chi connectivity index (χ0) is 16.4. The first-order valence-electron chi connectivity index (χ1n) is 8.12. The number of anilines is 1. The molecule has 1 heterocycles. The molecule has 1 aromatic heterocycles. The van der Waals surface area contributed by atoms with Crippen LogP contribution in [0.15, 0.2) is 24.3 Å². The highest BCUT2D eigenvalue weighted by atomic mass is 16.3. The third-order valence-electron chi connectivity index (χ3n) is 4.38. The zero-order valence-electron chi connectivity index (χ0n) is 13.6. The summed E-state index contributed by atoms with van der Waals surface area (Å²) in [5.74, 6) is 0.935. The van der Waals surface area contributed by atoms with Crippen LogP contribution in [0.25, 0.3) is 11.3 Å². The molecule has 0 spiro atoms. The number of nitrogens with one attached hydrogen (secondary N) is 1. The van der Waals surface area contributed by atoms with Gasteiger partial charge < -0.3 is 15.5 Å². The average Bonchev–Trinajstić information content (AvgIpc) is 2.48. The first kappa shape index (κ1) is 15.7. The zero-order valence-corrected chi connectivity index (χ0v) is 13.6. The minimum Gasteiger partial charge on any atom is -0.507 e. The summed E-state index contributed by atoms with van der Waals surface area (Å²) in [6.45, 7) is 3.91. The molecule has 1 saturated carbocycles. The van der Waals surface area contributed by atoms with Crippen LogP contribution in [-0.2, 0) is 0 Å².